The second-order valence-corrected chi connectivity index (χ2v) is 5.79. The molecule has 0 saturated carbocycles. The molecular formula is C12H28N6O2. The molecule has 0 rings (SSSR count). The highest BCUT2D eigenvalue weighted by atomic mass is 16.2. The van der Waals surface area contributed by atoms with Crippen molar-refractivity contribution in [2.75, 3.05) is 13.1 Å². The van der Waals surface area contributed by atoms with Gasteiger partial charge in [-0.1, -0.05) is 20.3 Å². The van der Waals surface area contributed by atoms with Gasteiger partial charge in [0, 0.05) is 13.1 Å². The zero-order valence-electron chi connectivity index (χ0n) is 12.5. The van der Waals surface area contributed by atoms with Gasteiger partial charge in [-0.05, 0) is 31.1 Å². The van der Waals surface area contributed by atoms with Gasteiger partial charge >= 0.3 is 12.1 Å². The SMILES string of the molecule is CC(C)(CCCCN(N)C(N)=O)CCCN(N)C(N)=O. The lowest BCUT2D eigenvalue weighted by atomic mass is 9.82. The summed E-state index contributed by atoms with van der Waals surface area (Å²) < 4.78 is 0. The first-order valence-electron chi connectivity index (χ1n) is 6.79. The molecule has 0 aromatic carbocycles. The molecular weight excluding hydrogens is 260 g/mol. The van der Waals surface area contributed by atoms with Crippen molar-refractivity contribution in [3.05, 3.63) is 0 Å². The van der Waals surface area contributed by atoms with Crippen LogP contribution in [0.15, 0.2) is 0 Å². The second-order valence-electron chi connectivity index (χ2n) is 5.79. The average molecular weight is 288 g/mol. The summed E-state index contributed by atoms with van der Waals surface area (Å²) in [5.74, 6) is 10.8. The van der Waals surface area contributed by atoms with Crippen molar-refractivity contribution < 1.29 is 9.59 Å². The van der Waals surface area contributed by atoms with Gasteiger partial charge < -0.3 is 11.5 Å². The van der Waals surface area contributed by atoms with Crippen molar-refractivity contribution >= 4 is 12.1 Å². The molecule has 0 fully saturated rings. The van der Waals surface area contributed by atoms with Crippen LogP contribution in [0.2, 0.25) is 0 Å². The van der Waals surface area contributed by atoms with E-state index in [-0.39, 0.29) is 5.41 Å². The van der Waals surface area contributed by atoms with Crippen LogP contribution >= 0.6 is 0 Å². The minimum Gasteiger partial charge on any atom is -0.350 e. The molecule has 8 N–H and O–H groups in total. The number of amides is 4. The molecule has 0 aliphatic rings. The minimum absolute atomic E-state index is 0.143. The van der Waals surface area contributed by atoms with Crippen molar-refractivity contribution in [3.8, 4) is 0 Å². The van der Waals surface area contributed by atoms with Gasteiger partial charge in [0.25, 0.3) is 0 Å². The van der Waals surface area contributed by atoms with Crippen LogP contribution in [0.25, 0.3) is 0 Å². The van der Waals surface area contributed by atoms with E-state index in [9.17, 15) is 9.59 Å². The number of urea groups is 2. The summed E-state index contributed by atoms with van der Waals surface area (Å²) in [5.41, 5.74) is 10.2. The molecule has 4 amide bonds. The van der Waals surface area contributed by atoms with E-state index in [1.165, 1.54) is 0 Å². The fourth-order valence-electron chi connectivity index (χ4n) is 1.96. The zero-order valence-corrected chi connectivity index (χ0v) is 12.5. The van der Waals surface area contributed by atoms with E-state index in [2.05, 4.69) is 13.8 Å². The number of nitrogens with zero attached hydrogens (tertiary/aromatic N) is 2. The summed E-state index contributed by atoms with van der Waals surface area (Å²) in [6.45, 7) is 5.24. The van der Waals surface area contributed by atoms with Crippen molar-refractivity contribution in [1.29, 1.82) is 0 Å². The lowest BCUT2D eigenvalue weighted by Crippen LogP contribution is -2.42. The highest BCUT2D eigenvalue weighted by molar-refractivity contribution is 5.71. The number of primary amides is 2. The maximum Gasteiger partial charge on any atom is 0.328 e. The Hall–Kier alpha value is -1.54. The summed E-state index contributed by atoms with van der Waals surface area (Å²) >= 11 is 0. The predicted molar refractivity (Wildman–Crippen MR) is 77.8 cm³/mol. The van der Waals surface area contributed by atoms with Gasteiger partial charge in [-0.25, -0.2) is 21.3 Å². The monoisotopic (exact) mass is 288 g/mol. The second kappa shape index (κ2) is 8.60. The Morgan fingerprint density at radius 3 is 1.70 bits per heavy atom. The molecule has 0 saturated heterocycles. The Morgan fingerprint density at radius 2 is 1.25 bits per heavy atom. The first kappa shape index (κ1) is 18.5. The normalized spacial score (nSPS) is 11.2. The maximum atomic E-state index is 10.8. The van der Waals surface area contributed by atoms with E-state index in [1.54, 1.807) is 0 Å². The van der Waals surface area contributed by atoms with Crippen LogP contribution in [-0.2, 0) is 0 Å². The van der Waals surface area contributed by atoms with E-state index < -0.39 is 12.1 Å². The van der Waals surface area contributed by atoms with E-state index in [0.717, 1.165) is 42.1 Å². The molecule has 8 nitrogen and oxygen atoms in total. The Bertz CT molecular complexity index is 321. The topological polar surface area (TPSA) is 145 Å². The van der Waals surface area contributed by atoms with E-state index in [0.29, 0.717) is 13.1 Å². The van der Waals surface area contributed by atoms with Crippen LogP contribution in [-0.4, -0.2) is 35.2 Å². The number of hydrazine groups is 2. The van der Waals surface area contributed by atoms with E-state index in [4.69, 9.17) is 23.2 Å². The number of carbonyl (C=O) groups excluding carboxylic acids is 2. The number of rotatable bonds is 9. The van der Waals surface area contributed by atoms with Crippen molar-refractivity contribution in [2.24, 2.45) is 28.6 Å². The van der Waals surface area contributed by atoms with Crippen LogP contribution in [0.1, 0.15) is 46.0 Å². The summed E-state index contributed by atoms with van der Waals surface area (Å²) in [6, 6.07) is -1.23. The van der Waals surface area contributed by atoms with Crippen molar-refractivity contribution in [2.45, 2.75) is 46.0 Å². The number of carbonyl (C=O) groups is 2. The van der Waals surface area contributed by atoms with Gasteiger partial charge in [0.2, 0.25) is 0 Å². The Labute approximate surface area is 120 Å². The van der Waals surface area contributed by atoms with Crippen LogP contribution in [0, 0.1) is 5.41 Å². The fraction of sp³-hybridized carbons (Fsp3) is 0.833. The molecule has 0 aromatic heterocycles. The third kappa shape index (κ3) is 8.54. The Balaban J connectivity index is 3.79. The molecule has 0 aliphatic heterocycles. The standard InChI is InChI=1S/C12H28N6O2/c1-12(2,7-5-9-18(16)11(14)20)6-3-4-8-17(15)10(13)19/h3-9,15-16H2,1-2H3,(H2,13,19)(H2,14,20). The molecule has 20 heavy (non-hydrogen) atoms. The molecule has 0 spiro atoms. The summed E-state index contributed by atoms with van der Waals surface area (Å²) in [5, 5.41) is 2.04. The highest BCUT2D eigenvalue weighted by Gasteiger charge is 2.18. The zero-order chi connectivity index (χ0) is 15.8. The molecule has 0 bridgehead atoms. The number of hydrogen-bond acceptors (Lipinski definition) is 4. The summed E-state index contributed by atoms with van der Waals surface area (Å²) in [7, 11) is 0. The molecule has 0 radical (unpaired) electrons. The van der Waals surface area contributed by atoms with Crippen molar-refractivity contribution in [3.63, 3.8) is 0 Å². The highest BCUT2D eigenvalue weighted by Crippen LogP contribution is 2.28. The van der Waals surface area contributed by atoms with Crippen LogP contribution in [0.4, 0.5) is 9.59 Å². The molecule has 0 unspecified atom stereocenters. The van der Waals surface area contributed by atoms with Crippen LogP contribution in [0.3, 0.4) is 0 Å². The van der Waals surface area contributed by atoms with E-state index >= 15 is 0 Å². The van der Waals surface area contributed by atoms with Gasteiger partial charge in [0.05, 0.1) is 0 Å². The fourth-order valence-corrected chi connectivity index (χ4v) is 1.96. The summed E-state index contributed by atoms with van der Waals surface area (Å²) in [6.07, 6.45) is 4.51. The lowest BCUT2D eigenvalue weighted by Gasteiger charge is -2.26. The Morgan fingerprint density at radius 1 is 0.850 bits per heavy atom. The van der Waals surface area contributed by atoms with Gasteiger partial charge in [-0.2, -0.15) is 0 Å². The number of nitrogens with two attached hydrogens (primary N) is 4. The molecule has 0 aliphatic carbocycles. The molecule has 118 valence electrons. The van der Waals surface area contributed by atoms with Gasteiger partial charge in [0.15, 0.2) is 0 Å². The van der Waals surface area contributed by atoms with Gasteiger partial charge in [-0.3, -0.25) is 10.0 Å². The van der Waals surface area contributed by atoms with Crippen LogP contribution < -0.4 is 23.2 Å². The number of hydrogen-bond donors (Lipinski definition) is 4. The largest absolute Gasteiger partial charge is 0.350 e. The molecule has 0 atom stereocenters. The lowest BCUT2D eigenvalue weighted by molar-refractivity contribution is 0.198. The van der Waals surface area contributed by atoms with Gasteiger partial charge in [0.1, 0.15) is 0 Å². The number of unbranched alkanes of at least 4 members (excludes halogenated alkanes) is 1. The summed E-state index contributed by atoms with van der Waals surface area (Å²) in [4.78, 5) is 21.5. The third-order valence-electron chi connectivity index (χ3n) is 3.32. The molecule has 0 heterocycles. The first-order valence-corrected chi connectivity index (χ1v) is 6.79. The van der Waals surface area contributed by atoms with Crippen molar-refractivity contribution in [1.82, 2.24) is 10.0 Å². The Kier molecular flexibility index (Phi) is 7.93. The van der Waals surface area contributed by atoms with Gasteiger partial charge in [-0.15, -0.1) is 0 Å². The maximum absolute atomic E-state index is 10.8. The van der Waals surface area contributed by atoms with E-state index in [1.807, 2.05) is 0 Å². The minimum atomic E-state index is -0.614. The molecule has 0 aromatic rings. The third-order valence-corrected chi connectivity index (χ3v) is 3.32. The molecule has 8 heteroatoms. The smallest absolute Gasteiger partial charge is 0.328 e. The first-order chi connectivity index (χ1) is 9.15. The van der Waals surface area contributed by atoms with Crippen LogP contribution in [0.5, 0.6) is 0 Å². The predicted octanol–water partition coefficient (Wildman–Crippen LogP) is 0.472. The average Bonchev–Trinajstić information content (AvgIpc) is 2.33. The quantitative estimate of drug-likeness (QED) is 0.211.